The largest absolute Gasteiger partial charge is 0.323 e. The molecule has 4 nitrogen and oxygen atoms in total. The van der Waals surface area contributed by atoms with Crippen LogP contribution >= 0.6 is 11.6 Å². The van der Waals surface area contributed by atoms with Crippen LogP contribution in [0, 0.1) is 0 Å². The number of aromatic nitrogens is 1. The number of urea groups is 1. The van der Waals surface area contributed by atoms with Crippen LogP contribution in [-0.4, -0.2) is 11.0 Å². The monoisotopic (exact) mass is 275 g/mol. The molecule has 0 aliphatic heterocycles. The van der Waals surface area contributed by atoms with Crippen molar-refractivity contribution in [3.05, 3.63) is 53.3 Å². The third-order valence-corrected chi connectivity index (χ3v) is 2.96. The van der Waals surface area contributed by atoms with E-state index in [9.17, 15) is 4.79 Å². The number of amides is 2. The van der Waals surface area contributed by atoms with Gasteiger partial charge in [-0.15, -0.1) is 0 Å². The van der Waals surface area contributed by atoms with Crippen molar-refractivity contribution in [2.75, 3.05) is 10.6 Å². The van der Waals surface area contributed by atoms with Gasteiger partial charge in [0.05, 0.1) is 11.9 Å². The maximum atomic E-state index is 11.8. The van der Waals surface area contributed by atoms with E-state index in [1.54, 1.807) is 30.6 Å². The Bertz CT molecular complexity index is 572. The van der Waals surface area contributed by atoms with Crippen LogP contribution in [0.3, 0.4) is 0 Å². The number of halogens is 1. The van der Waals surface area contributed by atoms with Crippen molar-refractivity contribution in [2.45, 2.75) is 13.3 Å². The number of benzene rings is 1. The van der Waals surface area contributed by atoms with Crippen molar-refractivity contribution in [3.8, 4) is 0 Å². The van der Waals surface area contributed by atoms with E-state index in [-0.39, 0.29) is 6.03 Å². The van der Waals surface area contributed by atoms with Crippen molar-refractivity contribution < 1.29 is 4.79 Å². The second-order valence-corrected chi connectivity index (χ2v) is 4.39. The van der Waals surface area contributed by atoms with Gasteiger partial charge in [-0.2, -0.15) is 0 Å². The SMILES string of the molecule is CCc1ccc(NC(=O)Nc2cccnc2)cc1Cl. The van der Waals surface area contributed by atoms with Gasteiger partial charge in [0, 0.05) is 16.9 Å². The molecule has 0 aliphatic carbocycles. The number of carbonyl (C=O) groups is 1. The summed E-state index contributed by atoms with van der Waals surface area (Å²) in [5.74, 6) is 0. The second-order valence-electron chi connectivity index (χ2n) is 3.98. The van der Waals surface area contributed by atoms with Crippen LogP contribution in [0.25, 0.3) is 0 Å². The molecule has 0 saturated carbocycles. The number of nitrogens with one attached hydrogen (secondary N) is 2. The zero-order chi connectivity index (χ0) is 13.7. The molecule has 1 aromatic heterocycles. The normalized spacial score (nSPS) is 10.0. The average Bonchev–Trinajstić information content (AvgIpc) is 2.40. The van der Waals surface area contributed by atoms with Gasteiger partial charge in [0.25, 0.3) is 0 Å². The van der Waals surface area contributed by atoms with E-state index in [1.165, 1.54) is 0 Å². The Balaban J connectivity index is 2.01. The lowest BCUT2D eigenvalue weighted by Gasteiger charge is -2.09. The lowest BCUT2D eigenvalue weighted by Crippen LogP contribution is -2.19. The summed E-state index contributed by atoms with van der Waals surface area (Å²) in [6, 6.07) is 8.66. The first-order valence-electron chi connectivity index (χ1n) is 5.95. The lowest BCUT2D eigenvalue weighted by atomic mass is 10.1. The van der Waals surface area contributed by atoms with E-state index in [0.29, 0.717) is 16.4 Å². The van der Waals surface area contributed by atoms with Gasteiger partial charge in [-0.25, -0.2) is 4.79 Å². The van der Waals surface area contributed by atoms with Crippen LogP contribution in [0.1, 0.15) is 12.5 Å². The van der Waals surface area contributed by atoms with Gasteiger partial charge >= 0.3 is 6.03 Å². The van der Waals surface area contributed by atoms with E-state index >= 15 is 0 Å². The highest BCUT2D eigenvalue weighted by atomic mass is 35.5. The highest BCUT2D eigenvalue weighted by Crippen LogP contribution is 2.21. The van der Waals surface area contributed by atoms with Gasteiger partial charge in [0.2, 0.25) is 0 Å². The van der Waals surface area contributed by atoms with Crippen molar-refractivity contribution >= 4 is 29.0 Å². The Kier molecular flexibility index (Phi) is 4.36. The summed E-state index contributed by atoms with van der Waals surface area (Å²) < 4.78 is 0. The molecule has 0 aliphatic rings. The topological polar surface area (TPSA) is 54.0 Å². The molecule has 0 bridgehead atoms. The van der Waals surface area contributed by atoms with Gasteiger partial charge in [-0.3, -0.25) is 4.98 Å². The Labute approximate surface area is 116 Å². The molecule has 0 atom stereocenters. The Morgan fingerprint density at radius 1 is 1.26 bits per heavy atom. The molecule has 0 spiro atoms. The molecule has 19 heavy (non-hydrogen) atoms. The molecule has 98 valence electrons. The van der Waals surface area contributed by atoms with E-state index in [1.807, 2.05) is 19.1 Å². The highest BCUT2D eigenvalue weighted by Gasteiger charge is 2.04. The summed E-state index contributed by atoms with van der Waals surface area (Å²) in [6.45, 7) is 2.03. The molecule has 2 aromatic rings. The lowest BCUT2D eigenvalue weighted by molar-refractivity contribution is 0.262. The van der Waals surface area contributed by atoms with Crippen LogP contribution < -0.4 is 10.6 Å². The van der Waals surface area contributed by atoms with Gasteiger partial charge < -0.3 is 10.6 Å². The summed E-state index contributed by atoms with van der Waals surface area (Å²) in [5, 5.41) is 6.06. The minimum absolute atomic E-state index is 0.326. The third kappa shape index (κ3) is 3.69. The van der Waals surface area contributed by atoms with Gasteiger partial charge in [0.15, 0.2) is 0 Å². The number of rotatable bonds is 3. The zero-order valence-corrected chi connectivity index (χ0v) is 11.2. The molecule has 2 amide bonds. The van der Waals surface area contributed by atoms with Gasteiger partial charge in [0.1, 0.15) is 0 Å². The van der Waals surface area contributed by atoms with Crippen molar-refractivity contribution in [2.24, 2.45) is 0 Å². The van der Waals surface area contributed by atoms with Crippen molar-refractivity contribution in [3.63, 3.8) is 0 Å². The summed E-state index contributed by atoms with van der Waals surface area (Å²) >= 11 is 6.09. The first kappa shape index (κ1) is 13.4. The second kappa shape index (κ2) is 6.20. The van der Waals surface area contributed by atoms with Gasteiger partial charge in [-0.1, -0.05) is 24.6 Å². The van der Waals surface area contributed by atoms with E-state index < -0.39 is 0 Å². The Hall–Kier alpha value is -2.07. The van der Waals surface area contributed by atoms with Crippen LogP contribution in [0.4, 0.5) is 16.2 Å². The molecule has 0 unspecified atom stereocenters. The van der Waals surface area contributed by atoms with E-state index in [0.717, 1.165) is 12.0 Å². The fourth-order valence-corrected chi connectivity index (χ4v) is 1.96. The first-order chi connectivity index (χ1) is 9.19. The Morgan fingerprint density at radius 3 is 2.68 bits per heavy atom. The molecular weight excluding hydrogens is 262 g/mol. The molecule has 2 rings (SSSR count). The number of hydrogen-bond donors (Lipinski definition) is 2. The molecule has 0 radical (unpaired) electrons. The maximum Gasteiger partial charge on any atom is 0.323 e. The van der Waals surface area contributed by atoms with Crippen molar-refractivity contribution in [1.82, 2.24) is 4.98 Å². The van der Waals surface area contributed by atoms with Crippen LogP contribution in [0.15, 0.2) is 42.7 Å². The number of carbonyl (C=O) groups excluding carboxylic acids is 1. The molecular formula is C14H14ClN3O. The summed E-state index contributed by atoms with van der Waals surface area (Å²) in [4.78, 5) is 15.7. The fourth-order valence-electron chi connectivity index (χ4n) is 1.64. The molecule has 0 saturated heterocycles. The van der Waals surface area contributed by atoms with Crippen LogP contribution in [0.5, 0.6) is 0 Å². The Morgan fingerprint density at radius 2 is 2.05 bits per heavy atom. The van der Waals surface area contributed by atoms with Crippen molar-refractivity contribution in [1.29, 1.82) is 0 Å². The minimum atomic E-state index is -0.326. The fraction of sp³-hybridized carbons (Fsp3) is 0.143. The number of pyridine rings is 1. The predicted molar refractivity (Wildman–Crippen MR) is 77.7 cm³/mol. The van der Waals surface area contributed by atoms with E-state index in [4.69, 9.17) is 11.6 Å². The third-order valence-electron chi connectivity index (χ3n) is 2.61. The van der Waals surface area contributed by atoms with E-state index in [2.05, 4.69) is 15.6 Å². The molecule has 5 heteroatoms. The number of hydrogen-bond acceptors (Lipinski definition) is 2. The smallest absolute Gasteiger partial charge is 0.308 e. The molecule has 0 fully saturated rings. The summed E-state index contributed by atoms with van der Waals surface area (Å²) in [7, 11) is 0. The standard InChI is InChI=1S/C14H14ClN3O/c1-2-10-5-6-11(8-13(10)15)17-14(19)18-12-4-3-7-16-9-12/h3-9H,2H2,1H3,(H2,17,18,19). The molecule has 2 N–H and O–H groups in total. The number of anilines is 2. The van der Waals surface area contributed by atoms with Crippen LogP contribution in [-0.2, 0) is 6.42 Å². The maximum absolute atomic E-state index is 11.8. The predicted octanol–water partition coefficient (Wildman–Crippen LogP) is 3.94. The quantitative estimate of drug-likeness (QED) is 0.891. The van der Waals surface area contributed by atoms with Crippen LogP contribution in [0.2, 0.25) is 5.02 Å². The zero-order valence-electron chi connectivity index (χ0n) is 10.5. The highest BCUT2D eigenvalue weighted by molar-refractivity contribution is 6.31. The number of nitrogens with zero attached hydrogens (tertiary/aromatic N) is 1. The molecule has 1 aromatic carbocycles. The number of aryl methyl sites for hydroxylation is 1. The summed E-state index contributed by atoms with van der Waals surface area (Å²) in [5.41, 5.74) is 2.35. The first-order valence-corrected chi connectivity index (χ1v) is 6.33. The molecule has 1 heterocycles. The average molecular weight is 276 g/mol. The minimum Gasteiger partial charge on any atom is -0.308 e. The van der Waals surface area contributed by atoms with Gasteiger partial charge in [-0.05, 0) is 36.2 Å². The summed E-state index contributed by atoms with van der Waals surface area (Å²) in [6.07, 6.45) is 4.08.